The van der Waals surface area contributed by atoms with Crippen LogP contribution in [-0.2, 0) is 0 Å². The molecule has 0 aromatic heterocycles. The molecule has 3 heteroatoms. The van der Waals surface area contributed by atoms with Crippen LogP contribution < -0.4 is 10.5 Å². The molecule has 116 valence electrons. The molecule has 3 atom stereocenters. The molecule has 1 spiro atoms. The summed E-state index contributed by atoms with van der Waals surface area (Å²) >= 11 is 0. The molecule has 1 aromatic rings. The maximum Gasteiger partial charge on any atom is 0.127 e. The van der Waals surface area contributed by atoms with Gasteiger partial charge in [0, 0.05) is 24.1 Å². The highest BCUT2D eigenvalue weighted by Crippen LogP contribution is 2.46. The zero-order chi connectivity index (χ0) is 14.9. The Morgan fingerprint density at radius 2 is 2.19 bits per heavy atom. The van der Waals surface area contributed by atoms with Crippen LogP contribution in [0.15, 0.2) is 18.2 Å². The first-order chi connectivity index (χ1) is 10.1. The molecule has 21 heavy (non-hydrogen) atoms. The van der Waals surface area contributed by atoms with Gasteiger partial charge in [0.25, 0.3) is 0 Å². The van der Waals surface area contributed by atoms with Crippen LogP contribution >= 0.6 is 0 Å². The minimum Gasteiger partial charge on any atom is -0.487 e. The fourth-order valence-corrected chi connectivity index (χ4v) is 4.14. The van der Waals surface area contributed by atoms with Gasteiger partial charge in [-0.25, -0.2) is 4.39 Å². The van der Waals surface area contributed by atoms with Crippen LogP contribution in [0.3, 0.4) is 0 Å². The summed E-state index contributed by atoms with van der Waals surface area (Å²) in [7, 11) is 0. The molecule has 1 aliphatic carbocycles. The number of benzene rings is 1. The Labute approximate surface area is 126 Å². The van der Waals surface area contributed by atoms with E-state index >= 15 is 0 Å². The lowest BCUT2D eigenvalue weighted by Gasteiger charge is -2.41. The van der Waals surface area contributed by atoms with E-state index in [1.165, 1.54) is 44.2 Å². The first-order valence-corrected chi connectivity index (χ1v) is 8.36. The largest absolute Gasteiger partial charge is 0.487 e. The molecule has 1 heterocycles. The second kappa shape index (κ2) is 5.96. The van der Waals surface area contributed by atoms with Crippen molar-refractivity contribution in [1.29, 1.82) is 0 Å². The number of hydrogen-bond acceptors (Lipinski definition) is 2. The number of rotatable bonds is 2. The van der Waals surface area contributed by atoms with Crippen molar-refractivity contribution < 1.29 is 9.13 Å². The zero-order valence-electron chi connectivity index (χ0n) is 12.9. The van der Waals surface area contributed by atoms with Crippen molar-refractivity contribution in [3.63, 3.8) is 0 Å². The molecule has 2 N–H and O–H groups in total. The highest BCUT2D eigenvalue weighted by atomic mass is 19.1. The molecule has 0 saturated heterocycles. The van der Waals surface area contributed by atoms with Crippen molar-refractivity contribution in [2.75, 3.05) is 0 Å². The first kappa shape index (κ1) is 14.8. The minimum atomic E-state index is -0.240. The maximum absolute atomic E-state index is 13.5. The van der Waals surface area contributed by atoms with Crippen LogP contribution in [0.5, 0.6) is 5.75 Å². The van der Waals surface area contributed by atoms with Crippen molar-refractivity contribution in [1.82, 2.24) is 0 Å². The van der Waals surface area contributed by atoms with E-state index in [9.17, 15) is 4.39 Å². The van der Waals surface area contributed by atoms with Crippen molar-refractivity contribution in [3.8, 4) is 5.75 Å². The molecule has 0 radical (unpaired) electrons. The molecule has 3 rings (SSSR count). The summed E-state index contributed by atoms with van der Waals surface area (Å²) in [5.41, 5.74) is 7.13. The van der Waals surface area contributed by atoms with Gasteiger partial charge in [-0.1, -0.05) is 32.3 Å². The summed E-state index contributed by atoms with van der Waals surface area (Å²) in [5, 5.41) is 0. The van der Waals surface area contributed by atoms with E-state index in [4.69, 9.17) is 10.5 Å². The maximum atomic E-state index is 13.5. The van der Waals surface area contributed by atoms with Gasteiger partial charge in [0.1, 0.15) is 17.2 Å². The Morgan fingerprint density at radius 3 is 3.00 bits per heavy atom. The molecular weight excluding hydrogens is 265 g/mol. The van der Waals surface area contributed by atoms with Gasteiger partial charge in [0.15, 0.2) is 0 Å². The van der Waals surface area contributed by atoms with Crippen LogP contribution in [0.2, 0.25) is 0 Å². The molecule has 0 bridgehead atoms. The van der Waals surface area contributed by atoms with E-state index < -0.39 is 0 Å². The van der Waals surface area contributed by atoms with Crippen LogP contribution in [0.4, 0.5) is 4.39 Å². The predicted octanol–water partition coefficient (Wildman–Crippen LogP) is 4.73. The summed E-state index contributed by atoms with van der Waals surface area (Å²) in [6, 6.07) is 4.73. The number of fused-ring (bicyclic) bond motifs is 1. The number of ether oxygens (including phenoxy) is 1. The smallest absolute Gasteiger partial charge is 0.127 e. The second-order valence-corrected chi connectivity index (χ2v) is 6.86. The van der Waals surface area contributed by atoms with Gasteiger partial charge in [0.05, 0.1) is 0 Å². The Balaban J connectivity index is 1.80. The molecule has 0 amide bonds. The quantitative estimate of drug-likeness (QED) is 0.855. The van der Waals surface area contributed by atoms with E-state index in [-0.39, 0.29) is 17.5 Å². The third kappa shape index (κ3) is 3.08. The van der Waals surface area contributed by atoms with Crippen molar-refractivity contribution in [3.05, 3.63) is 29.6 Å². The Kier molecular flexibility index (Phi) is 4.21. The lowest BCUT2D eigenvalue weighted by Crippen LogP contribution is -2.42. The Morgan fingerprint density at radius 1 is 1.33 bits per heavy atom. The molecule has 1 fully saturated rings. The lowest BCUT2D eigenvalue weighted by molar-refractivity contribution is 0.0199. The first-order valence-electron chi connectivity index (χ1n) is 8.36. The third-order valence-electron chi connectivity index (χ3n) is 5.24. The molecule has 1 saturated carbocycles. The van der Waals surface area contributed by atoms with Gasteiger partial charge < -0.3 is 10.5 Å². The zero-order valence-corrected chi connectivity index (χ0v) is 12.9. The highest BCUT2D eigenvalue weighted by molar-refractivity contribution is 5.39. The van der Waals surface area contributed by atoms with Gasteiger partial charge in [-0.2, -0.15) is 0 Å². The van der Waals surface area contributed by atoms with E-state index in [2.05, 4.69) is 6.92 Å². The van der Waals surface area contributed by atoms with E-state index in [0.29, 0.717) is 5.75 Å². The van der Waals surface area contributed by atoms with Gasteiger partial charge in [-0.05, 0) is 37.7 Å². The van der Waals surface area contributed by atoms with E-state index in [1.807, 2.05) is 0 Å². The second-order valence-electron chi connectivity index (χ2n) is 6.86. The van der Waals surface area contributed by atoms with Gasteiger partial charge in [0.2, 0.25) is 0 Å². The van der Waals surface area contributed by atoms with Crippen LogP contribution in [0, 0.1) is 11.7 Å². The fourth-order valence-electron chi connectivity index (χ4n) is 4.14. The number of halogens is 1. The number of hydrogen-bond donors (Lipinski definition) is 1. The third-order valence-corrected chi connectivity index (χ3v) is 5.24. The van der Waals surface area contributed by atoms with Crippen molar-refractivity contribution in [2.24, 2.45) is 11.7 Å². The molecule has 3 unspecified atom stereocenters. The number of nitrogens with two attached hydrogens (primary N) is 1. The standard InChI is InChI=1S/C18H26FNO/c1-2-4-13-5-3-9-18(10-8-13)12-16(20)15-7-6-14(19)11-17(15)21-18/h6-7,11,13,16H,2-5,8-10,12,20H2,1H3. The molecule has 2 nitrogen and oxygen atoms in total. The van der Waals surface area contributed by atoms with Crippen LogP contribution in [-0.4, -0.2) is 5.60 Å². The summed E-state index contributed by atoms with van der Waals surface area (Å²) < 4.78 is 19.8. The van der Waals surface area contributed by atoms with E-state index in [0.717, 1.165) is 30.7 Å². The fraction of sp³-hybridized carbons (Fsp3) is 0.667. The SMILES string of the molecule is CCCC1CCCC2(CC1)CC(N)c1ccc(F)cc1O2. The van der Waals surface area contributed by atoms with Gasteiger partial charge in [-0.15, -0.1) is 0 Å². The molecule has 1 aliphatic heterocycles. The van der Waals surface area contributed by atoms with Crippen LogP contribution in [0.25, 0.3) is 0 Å². The monoisotopic (exact) mass is 291 g/mol. The topological polar surface area (TPSA) is 35.2 Å². The van der Waals surface area contributed by atoms with Gasteiger partial charge >= 0.3 is 0 Å². The summed E-state index contributed by atoms with van der Waals surface area (Å²) in [4.78, 5) is 0. The lowest BCUT2D eigenvalue weighted by atomic mass is 9.82. The summed E-state index contributed by atoms with van der Waals surface area (Å²) in [6.07, 6.45) is 9.25. The average Bonchev–Trinajstić information content (AvgIpc) is 2.62. The predicted molar refractivity (Wildman–Crippen MR) is 82.8 cm³/mol. The van der Waals surface area contributed by atoms with Crippen molar-refractivity contribution >= 4 is 0 Å². The van der Waals surface area contributed by atoms with Crippen molar-refractivity contribution in [2.45, 2.75) is 69.9 Å². The highest BCUT2D eigenvalue weighted by Gasteiger charge is 2.41. The van der Waals surface area contributed by atoms with Gasteiger partial charge in [-0.3, -0.25) is 0 Å². The molecule has 2 aliphatic rings. The minimum absolute atomic E-state index is 0.0305. The van der Waals surface area contributed by atoms with E-state index in [1.54, 1.807) is 6.07 Å². The average molecular weight is 291 g/mol. The Bertz CT molecular complexity index is 504. The van der Waals surface area contributed by atoms with Crippen LogP contribution in [0.1, 0.15) is 69.9 Å². The summed E-state index contributed by atoms with van der Waals surface area (Å²) in [5.74, 6) is 1.25. The Hall–Kier alpha value is -1.09. The normalized spacial score (nSPS) is 32.3. The summed E-state index contributed by atoms with van der Waals surface area (Å²) in [6.45, 7) is 2.26. The molecule has 1 aromatic carbocycles. The molecular formula is C18H26FNO.